The van der Waals surface area contributed by atoms with Crippen LogP contribution in [0.2, 0.25) is 0 Å². The van der Waals surface area contributed by atoms with Crippen molar-refractivity contribution in [2.24, 2.45) is 5.92 Å². The molecule has 19 heavy (non-hydrogen) atoms. The van der Waals surface area contributed by atoms with E-state index < -0.39 is 6.04 Å². The Labute approximate surface area is 115 Å². The third-order valence-electron chi connectivity index (χ3n) is 4.18. The molecule has 0 saturated carbocycles. The standard InChI is InChI=1S/C14H25N3O2/c1-10-5-6-12(9-15-10)13(18)16-11(2)14(19)17-7-3-4-8-17/h10-12,15H,3-9H2,1-2H3,(H,16,18). The Morgan fingerprint density at radius 1 is 1.26 bits per heavy atom. The van der Waals surface area contributed by atoms with E-state index in [1.807, 2.05) is 4.90 Å². The molecule has 5 nitrogen and oxygen atoms in total. The van der Waals surface area contributed by atoms with Gasteiger partial charge in [-0.2, -0.15) is 0 Å². The van der Waals surface area contributed by atoms with E-state index in [1.54, 1.807) is 6.92 Å². The Kier molecular flexibility index (Phi) is 4.80. The SMILES string of the molecule is CC1CCC(C(=O)NC(C)C(=O)N2CCCC2)CN1. The first kappa shape index (κ1) is 14.3. The van der Waals surface area contributed by atoms with Crippen molar-refractivity contribution in [3.63, 3.8) is 0 Å². The zero-order valence-electron chi connectivity index (χ0n) is 11.9. The Bertz CT molecular complexity index is 332. The second-order valence-electron chi connectivity index (χ2n) is 5.85. The maximum atomic E-state index is 12.1. The third-order valence-corrected chi connectivity index (χ3v) is 4.18. The minimum atomic E-state index is -0.398. The Hall–Kier alpha value is -1.10. The summed E-state index contributed by atoms with van der Waals surface area (Å²) in [6, 6.07) is 0.0951. The van der Waals surface area contributed by atoms with Gasteiger partial charge in [-0.1, -0.05) is 0 Å². The molecule has 0 aromatic rings. The van der Waals surface area contributed by atoms with E-state index in [1.165, 1.54) is 0 Å². The lowest BCUT2D eigenvalue weighted by atomic mass is 9.94. The van der Waals surface area contributed by atoms with E-state index >= 15 is 0 Å². The van der Waals surface area contributed by atoms with Crippen molar-refractivity contribution in [2.45, 2.75) is 51.6 Å². The van der Waals surface area contributed by atoms with E-state index in [4.69, 9.17) is 0 Å². The molecular formula is C14H25N3O2. The minimum absolute atomic E-state index is 0.00466. The molecule has 3 unspecified atom stereocenters. The summed E-state index contributed by atoms with van der Waals surface area (Å²) in [5.41, 5.74) is 0. The molecule has 0 aliphatic carbocycles. The summed E-state index contributed by atoms with van der Waals surface area (Å²) < 4.78 is 0. The number of amides is 2. The number of nitrogens with zero attached hydrogens (tertiary/aromatic N) is 1. The fourth-order valence-corrected chi connectivity index (χ4v) is 2.83. The van der Waals surface area contributed by atoms with Gasteiger partial charge in [0, 0.05) is 25.7 Å². The first-order valence-corrected chi connectivity index (χ1v) is 7.40. The van der Waals surface area contributed by atoms with E-state index in [0.717, 1.165) is 45.3 Å². The molecule has 3 atom stereocenters. The van der Waals surface area contributed by atoms with Gasteiger partial charge in [-0.25, -0.2) is 0 Å². The molecule has 5 heteroatoms. The van der Waals surface area contributed by atoms with Crippen molar-refractivity contribution in [3.8, 4) is 0 Å². The van der Waals surface area contributed by atoms with Crippen LogP contribution in [0.5, 0.6) is 0 Å². The third kappa shape index (κ3) is 3.69. The minimum Gasteiger partial charge on any atom is -0.344 e. The Morgan fingerprint density at radius 3 is 2.53 bits per heavy atom. The van der Waals surface area contributed by atoms with Crippen LogP contribution >= 0.6 is 0 Å². The van der Waals surface area contributed by atoms with Gasteiger partial charge in [0.15, 0.2) is 0 Å². The van der Waals surface area contributed by atoms with Crippen molar-refractivity contribution in [1.29, 1.82) is 0 Å². The lowest BCUT2D eigenvalue weighted by Crippen LogP contribution is -2.50. The van der Waals surface area contributed by atoms with Crippen molar-refractivity contribution in [2.75, 3.05) is 19.6 Å². The van der Waals surface area contributed by atoms with Gasteiger partial charge in [0.2, 0.25) is 11.8 Å². The molecule has 2 rings (SSSR count). The smallest absolute Gasteiger partial charge is 0.244 e. The van der Waals surface area contributed by atoms with E-state index in [2.05, 4.69) is 17.6 Å². The highest BCUT2D eigenvalue weighted by molar-refractivity contribution is 5.88. The van der Waals surface area contributed by atoms with Crippen LogP contribution in [0.3, 0.4) is 0 Å². The van der Waals surface area contributed by atoms with Gasteiger partial charge in [0.1, 0.15) is 6.04 Å². The maximum Gasteiger partial charge on any atom is 0.244 e. The number of hydrogen-bond acceptors (Lipinski definition) is 3. The fourth-order valence-electron chi connectivity index (χ4n) is 2.83. The normalized spacial score (nSPS) is 29.1. The van der Waals surface area contributed by atoms with Gasteiger partial charge in [-0.05, 0) is 39.5 Å². The summed E-state index contributed by atoms with van der Waals surface area (Å²) in [7, 11) is 0. The first-order valence-electron chi connectivity index (χ1n) is 7.40. The quantitative estimate of drug-likeness (QED) is 0.783. The summed E-state index contributed by atoms with van der Waals surface area (Å²) in [6.07, 6.45) is 4.09. The largest absolute Gasteiger partial charge is 0.344 e. The zero-order valence-corrected chi connectivity index (χ0v) is 11.9. The molecule has 0 spiro atoms. The average molecular weight is 267 g/mol. The van der Waals surface area contributed by atoms with E-state index in [0.29, 0.717) is 6.04 Å². The molecule has 2 aliphatic heterocycles. The summed E-state index contributed by atoms with van der Waals surface area (Å²) >= 11 is 0. The van der Waals surface area contributed by atoms with Crippen LogP contribution in [0.1, 0.15) is 39.5 Å². The predicted molar refractivity (Wildman–Crippen MR) is 73.6 cm³/mol. The summed E-state index contributed by atoms with van der Waals surface area (Å²) in [5.74, 6) is 0.0764. The van der Waals surface area contributed by atoms with Gasteiger partial charge in [-0.3, -0.25) is 9.59 Å². The molecule has 2 fully saturated rings. The number of likely N-dealkylation sites (tertiary alicyclic amines) is 1. The average Bonchev–Trinajstić information content (AvgIpc) is 2.92. The molecular weight excluding hydrogens is 242 g/mol. The molecule has 2 amide bonds. The highest BCUT2D eigenvalue weighted by Gasteiger charge is 2.28. The van der Waals surface area contributed by atoms with Crippen molar-refractivity contribution >= 4 is 11.8 Å². The van der Waals surface area contributed by atoms with Crippen molar-refractivity contribution < 1.29 is 9.59 Å². The number of piperidine rings is 1. The highest BCUT2D eigenvalue weighted by Crippen LogP contribution is 2.15. The van der Waals surface area contributed by atoms with Crippen LogP contribution in [0.4, 0.5) is 0 Å². The van der Waals surface area contributed by atoms with E-state index in [9.17, 15) is 9.59 Å². The topological polar surface area (TPSA) is 61.4 Å². The highest BCUT2D eigenvalue weighted by atomic mass is 16.2. The van der Waals surface area contributed by atoms with Crippen molar-refractivity contribution in [3.05, 3.63) is 0 Å². The number of hydrogen-bond donors (Lipinski definition) is 2. The summed E-state index contributed by atoms with van der Waals surface area (Å²) in [6.45, 7) is 6.31. The molecule has 2 aliphatic rings. The fraction of sp³-hybridized carbons (Fsp3) is 0.857. The van der Waals surface area contributed by atoms with Gasteiger partial charge >= 0.3 is 0 Å². The van der Waals surface area contributed by atoms with Crippen LogP contribution in [-0.4, -0.2) is 48.4 Å². The van der Waals surface area contributed by atoms with Crippen LogP contribution in [0, 0.1) is 5.92 Å². The lowest BCUT2D eigenvalue weighted by molar-refractivity contribution is -0.136. The zero-order chi connectivity index (χ0) is 13.8. The molecule has 108 valence electrons. The Morgan fingerprint density at radius 2 is 1.95 bits per heavy atom. The molecule has 2 heterocycles. The molecule has 2 saturated heterocycles. The number of carbonyl (C=O) groups is 2. The van der Waals surface area contributed by atoms with Gasteiger partial charge < -0.3 is 15.5 Å². The predicted octanol–water partition coefficient (Wildman–Crippen LogP) is 0.502. The van der Waals surface area contributed by atoms with Crippen molar-refractivity contribution in [1.82, 2.24) is 15.5 Å². The first-order chi connectivity index (χ1) is 9.08. The molecule has 0 radical (unpaired) electrons. The van der Waals surface area contributed by atoms with Gasteiger partial charge in [0.05, 0.1) is 5.92 Å². The number of nitrogens with one attached hydrogen (secondary N) is 2. The second kappa shape index (κ2) is 6.37. The molecule has 0 bridgehead atoms. The molecule has 0 aromatic heterocycles. The van der Waals surface area contributed by atoms with Crippen LogP contribution in [0.25, 0.3) is 0 Å². The molecule has 0 aromatic carbocycles. The maximum absolute atomic E-state index is 12.1. The van der Waals surface area contributed by atoms with Gasteiger partial charge in [0.25, 0.3) is 0 Å². The monoisotopic (exact) mass is 267 g/mol. The summed E-state index contributed by atoms with van der Waals surface area (Å²) in [5, 5.41) is 6.19. The lowest BCUT2D eigenvalue weighted by Gasteiger charge is -2.28. The second-order valence-corrected chi connectivity index (χ2v) is 5.85. The van der Waals surface area contributed by atoms with Crippen LogP contribution in [0.15, 0.2) is 0 Å². The Balaban J connectivity index is 1.79. The number of carbonyl (C=O) groups excluding carboxylic acids is 2. The summed E-state index contributed by atoms with van der Waals surface area (Å²) in [4.78, 5) is 26.1. The number of rotatable bonds is 3. The molecule has 2 N–H and O–H groups in total. The van der Waals surface area contributed by atoms with Gasteiger partial charge in [-0.15, -0.1) is 0 Å². The van der Waals surface area contributed by atoms with Crippen LogP contribution in [-0.2, 0) is 9.59 Å². The van der Waals surface area contributed by atoms with E-state index in [-0.39, 0.29) is 17.7 Å². The van der Waals surface area contributed by atoms with Crippen LogP contribution < -0.4 is 10.6 Å².